The van der Waals surface area contributed by atoms with Crippen LogP contribution in [-0.4, -0.2) is 34.0 Å². The molecule has 0 heterocycles. The zero-order valence-corrected chi connectivity index (χ0v) is 13.1. The van der Waals surface area contributed by atoms with Crippen LogP contribution in [0.3, 0.4) is 0 Å². The summed E-state index contributed by atoms with van der Waals surface area (Å²) >= 11 is 0. The van der Waals surface area contributed by atoms with Crippen LogP contribution >= 0.6 is 0 Å². The topological polar surface area (TPSA) is 62.9 Å². The Morgan fingerprint density at radius 3 is 2.10 bits per heavy atom. The molecule has 0 bridgehead atoms. The molecule has 1 aromatic carbocycles. The van der Waals surface area contributed by atoms with Gasteiger partial charge in [-0.2, -0.15) is 0 Å². The van der Waals surface area contributed by atoms with Crippen LogP contribution in [0.5, 0.6) is 23.0 Å². The molecular formula is C16H25NO4. The van der Waals surface area contributed by atoms with Gasteiger partial charge < -0.3 is 24.7 Å². The van der Waals surface area contributed by atoms with Gasteiger partial charge in [0.1, 0.15) is 12.4 Å². The van der Waals surface area contributed by atoms with Gasteiger partial charge in [0.2, 0.25) is 5.75 Å². The maximum Gasteiger partial charge on any atom is 0.203 e. The Balaban J connectivity index is 2.05. The average Bonchev–Trinajstić information content (AvgIpc) is 3.05. The van der Waals surface area contributed by atoms with Crippen molar-refractivity contribution in [2.24, 2.45) is 11.7 Å². The van der Waals surface area contributed by atoms with Crippen LogP contribution in [0, 0.1) is 5.92 Å². The number of benzene rings is 1. The molecule has 0 aromatic heterocycles. The lowest BCUT2D eigenvalue weighted by Crippen LogP contribution is -2.34. The highest BCUT2D eigenvalue weighted by Crippen LogP contribution is 2.40. The van der Waals surface area contributed by atoms with E-state index in [0.717, 1.165) is 0 Å². The van der Waals surface area contributed by atoms with Crippen LogP contribution in [0.4, 0.5) is 0 Å². The smallest absolute Gasteiger partial charge is 0.203 e. The van der Waals surface area contributed by atoms with Gasteiger partial charge in [0.25, 0.3) is 0 Å². The van der Waals surface area contributed by atoms with Gasteiger partial charge in [0.05, 0.1) is 21.3 Å². The molecule has 1 fully saturated rings. The van der Waals surface area contributed by atoms with E-state index in [9.17, 15) is 0 Å². The third-order valence-corrected chi connectivity index (χ3v) is 4.09. The first-order valence-electron chi connectivity index (χ1n) is 7.38. The minimum absolute atomic E-state index is 0.0755. The Labute approximate surface area is 126 Å². The van der Waals surface area contributed by atoms with Crippen LogP contribution in [0.1, 0.15) is 25.7 Å². The largest absolute Gasteiger partial charge is 0.493 e. The highest BCUT2D eigenvalue weighted by molar-refractivity contribution is 5.55. The summed E-state index contributed by atoms with van der Waals surface area (Å²) < 4.78 is 21.7. The Morgan fingerprint density at radius 2 is 1.62 bits per heavy atom. The van der Waals surface area contributed by atoms with Gasteiger partial charge in [0, 0.05) is 18.2 Å². The molecule has 0 amide bonds. The van der Waals surface area contributed by atoms with Gasteiger partial charge in [-0.15, -0.1) is 0 Å². The second-order valence-electron chi connectivity index (χ2n) is 5.38. The number of nitrogens with two attached hydrogens (primary N) is 1. The van der Waals surface area contributed by atoms with E-state index >= 15 is 0 Å². The molecule has 21 heavy (non-hydrogen) atoms. The maximum absolute atomic E-state index is 6.21. The summed E-state index contributed by atoms with van der Waals surface area (Å²) in [5, 5.41) is 0. The third-order valence-electron chi connectivity index (χ3n) is 4.09. The van der Waals surface area contributed by atoms with Crippen molar-refractivity contribution in [2.75, 3.05) is 27.9 Å². The summed E-state index contributed by atoms with van der Waals surface area (Å²) in [5.74, 6) is 2.99. The standard InChI is InChI=1S/C16H25NO4/c1-18-14-8-12(9-15(19-2)16(14)20-3)21-10-13(17)11-6-4-5-7-11/h8-9,11,13H,4-7,10,17H2,1-3H3. The fourth-order valence-electron chi connectivity index (χ4n) is 2.85. The van der Waals surface area contributed by atoms with Crippen molar-refractivity contribution in [3.63, 3.8) is 0 Å². The van der Waals surface area contributed by atoms with Gasteiger partial charge in [-0.3, -0.25) is 0 Å². The summed E-state index contributed by atoms with van der Waals surface area (Å²) in [6, 6.07) is 3.66. The number of hydrogen-bond donors (Lipinski definition) is 1. The molecular weight excluding hydrogens is 270 g/mol. The number of hydrogen-bond acceptors (Lipinski definition) is 5. The molecule has 1 saturated carbocycles. The number of methoxy groups -OCH3 is 3. The van der Waals surface area contributed by atoms with Crippen molar-refractivity contribution in [2.45, 2.75) is 31.7 Å². The molecule has 2 N–H and O–H groups in total. The lowest BCUT2D eigenvalue weighted by molar-refractivity contribution is 0.243. The molecule has 1 atom stereocenters. The molecule has 0 saturated heterocycles. The van der Waals surface area contributed by atoms with Crippen molar-refractivity contribution in [3.05, 3.63) is 12.1 Å². The first-order valence-corrected chi connectivity index (χ1v) is 7.38. The average molecular weight is 295 g/mol. The molecule has 1 aromatic rings. The van der Waals surface area contributed by atoms with E-state index < -0.39 is 0 Å². The summed E-state index contributed by atoms with van der Waals surface area (Å²) in [6.07, 6.45) is 4.98. The first-order chi connectivity index (χ1) is 10.2. The van der Waals surface area contributed by atoms with E-state index in [4.69, 9.17) is 24.7 Å². The fraction of sp³-hybridized carbons (Fsp3) is 0.625. The zero-order chi connectivity index (χ0) is 15.2. The molecule has 0 spiro atoms. The highest BCUT2D eigenvalue weighted by atomic mass is 16.5. The molecule has 2 rings (SSSR count). The van der Waals surface area contributed by atoms with Crippen molar-refractivity contribution >= 4 is 0 Å². The lowest BCUT2D eigenvalue weighted by Gasteiger charge is -2.20. The van der Waals surface area contributed by atoms with Gasteiger partial charge in [-0.25, -0.2) is 0 Å². The highest BCUT2D eigenvalue weighted by Gasteiger charge is 2.23. The lowest BCUT2D eigenvalue weighted by atomic mass is 10.00. The Morgan fingerprint density at radius 1 is 1.05 bits per heavy atom. The normalized spacial score (nSPS) is 16.6. The third kappa shape index (κ3) is 3.73. The summed E-state index contributed by atoms with van der Waals surface area (Å²) in [7, 11) is 4.76. The summed E-state index contributed by atoms with van der Waals surface area (Å²) in [6.45, 7) is 0.503. The molecule has 0 aliphatic heterocycles. The minimum atomic E-state index is 0.0755. The van der Waals surface area contributed by atoms with Crippen LogP contribution < -0.4 is 24.7 Å². The molecule has 5 heteroatoms. The predicted octanol–water partition coefficient (Wildman–Crippen LogP) is 2.61. The van der Waals surface area contributed by atoms with Crippen LogP contribution in [-0.2, 0) is 0 Å². The van der Waals surface area contributed by atoms with Crippen molar-refractivity contribution in [1.82, 2.24) is 0 Å². The van der Waals surface area contributed by atoms with E-state index in [1.165, 1.54) is 25.7 Å². The summed E-state index contributed by atoms with van der Waals surface area (Å²) in [5.41, 5.74) is 6.21. The minimum Gasteiger partial charge on any atom is -0.493 e. The van der Waals surface area contributed by atoms with E-state index in [0.29, 0.717) is 35.5 Å². The van der Waals surface area contributed by atoms with Gasteiger partial charge >= 0.3 is 0 Å². The predicted molar refractivity (Wildman–Crippen MR) is 81.5 cm³/mol. The second-order valence-corrected chi connectivity index (χ2v) is 5.38. The molecule has 5 nitrogen and oxygen atoms in total. The van der Waals surface area contributed by atoms with Crippen molar-refractivity contribution in [3.8, 4) is 23.0 Å². The van der Waals surface area contributed by atoms with E-state index in [1.807, 2.05) is 0 Å². The summed E-state index contributed by atoms with van der Waals surface area (Å²) in [4.78, 5) is 0. The number of rotatable bonds is 7. The first kappa shape index (κ1) is 15.8. The van der Waals surface area contributed by atoms with Crippen LogP contribution in [0.15, 0.2) is 12.1 Å². The van der Waals surface area contributed by atoms with Crippen molar-refractivity contribution < 1.29 is 18.9 Å². The molecule has 118 valence electrons. The Kier molecular flexibility index (Phi) is 5.56. The van der Waals surface area contributed by atoms with E-state index in [-0.39, 0.29) is 6.04 Å². The second kappa shape index (κ2) is 7.41. The molecule has 1 aliphatic rings. The maximum atomic E-state index is 6.21. The van der Waals surface area contributed by atoms with E-state index in [2.05, 4.69) is 0 Å². The van der Waals surface area contributed by atoms with Gasteiger partial charge in [0.15, 0.2) is 11.5 Å². The van der Waals surface area contributed by atoms with Gasteiger partial charge in [-0.1, -0.05) is 12.8 Å². The zero-order valence-electron chi connectivity index (χ0n) is 13.1. The molecule has 1 unspecified atom stereocenters. The van der Waals surface area contributed by atoms with Crippen LogP contribution in [0.25, 0.3) is 0 Å². The number of ether oxygens (including phenoxy) is 4. The Bertz CT molecular complexity index is 433. The SMILES string of the molecule is COc1cc(OCC(N)C2CCCC2)cc(OC)c1OC. The fourth-order valence-corrected chi connectivity index (χ4v) is 2.85. The van der Waals surface area contributed by atoms with E-state index in [1.54, 1.807) is 33.5 Å². The molecule has 0 radical (unpaired) electrons. The molecule has 1 aliphatic carbocycles. The monoisotopic (exact) mass is 295 g/mol. The Hall–Kier alpha value is -1.62. The van der Waals surface area contributed by atoms with Gasteiger partial charge in [-0.05, 0) is 18.8 Å². The van der Waals surface area contributed by atoms with Crippen LogP contribution in [0.2, 0.25) is 0 Å². The quantitative estimate of drug-likeness (QED) is 0.837. The van der Waals surface area contributed by atoms with Crippen molar-refractivity contribution in [1.29, 1.82) is 0 Å².